The third kappa shape index (κ3) is 5.19. The summed E-state index contributed by atoms with van der Waals surface area (Å²) >= 11 is 0. The highest BCUT2D eigenvalue weighted by atomic mass is 16.5. The van der Waals surface area contributed by atoms with Gasteiger partial charge in [0.2, 0.25) is 5.91 Å². The monoisotopic (exact) mass is 346 g/mol. The van der Waals surface area contributed by atoms with Crippen LogP contribution in [0.3, 0.4) is 0 Å². The minimum Gasteiger partial charge on any atom is -0.491 e. The van der Waals surface area contributed by atoms with Crippen molar-refractivity contribution in [3.05, 3.63) is 29.8 Å². The highest BCUT2D eigenvalue weighted by Gasteiger charge is 2.30. The molecule has 5 nitrogen and oxygen atoms in total. The SMILES string of the molecule is Cc1ccc(OCC(O)CN2CCC(C(=O)N3CCCC3)CC2)cc1. The molecule has 2 aliphatic rings. The van der Waals surface area contributed by atoms with E-state index in [1.165, 1.54) is 5.56 Å². The molecule has 138 valence electrons. The van der Waals surface area contributed by atoms with Crippen LogP contribution in [0.4, 0.5) is 0 Å². The van der Waals surface area contributed by atoms with Gasteiger partial charge in [-0.3, -0.25) is 4.79 Å². The highest BCUT2D eigenvalue weighted by Crippen LogP contribution is 2.22. The van der Waals surface area contributed by atoms with Gasteiger partial charge in [-0.05, 0) is 57.8 Å². The van der Waals surface area contributed by atoms with E-state index >= 15 is 0 Å². The molecule has 0 bridgehead atoms. The standard InChI is InChI=1S/C20H30N2O3/c1-16-4-6-19(7-5-16)25-15-18(23)14-21-12-8-17(9-13-21)20(24)22-10-2-3-11-22/h4-7,17-18,23H,2-3,8-15H2,1H3. The highest BCUT2D eigenvalue weighted by molar-refractivity contribution is 5.79. The lowest BCUT2D eigenvalue weighted by atomic mass is 9.95. The van der Waals surface area contributed by atoms with Gasteiger partial charge < -0.3 is 19.6 Å². The number of benzene rings is 1. The van der Waals surface area contributed by atoms with Gasteiger partial charge in [-0.2, -0.15) is 0 Å². The number of hydrogen-bond acceptors (Lipinski definition) is 4. The summed E-state index contributed by atoms with van der Waals surface area (Å²) in [4.78, 5) is 16.7. The van der Waals surface area contributed by atoms with E-state index in [-0.39, 0.29) is 5.92 Å². The zero-order valence-electron chi connectivity index (χ0n) is 15.2. The molecule has 2 fully saturated rings. The van der Waals surface area contributed by atoms with Gasteiger partial charge in [0.15, 0.2) is 0 Å². The maximum absolute atomic E-state index is 12.5. The lowest BCUT2D eigenvalue weighted by Crippen LogP contribution is -2.44. The second-order valence-corrected chi connectivity index (χ2v) is 7.39. The van der Waals surface area contributed by atoms with Gasteiger partial charge in [0.05, 0.1) is 0 Å². The molecular formula is C20H30N2O3. The van der Waals surface area contributed by atoms with E-state index < -0.39 is 6.10 Å². The first-order valence-corrected chi connectivity index (χ1v) is 9.50. The molecule has 1 unspecified atom stereocenters. The number of carbonyl (C=O) groups is 1. The van der Waals surface area contributed by atoms with Crippen molar-refractivity contribution in [2.45, 2.75) is 38.7 Å². The number of hydrogen-bond donors (Lipinski definition) is 1. The van der Waals surface area contributed by atoms with E-state index in [1.54, 1.807) is 0 Å². The average molecular weight is 346 g/mol. The van der Waals surface area contributed by atoms with E-state index in [4.69, 9.17) is 4.74 Å². The van der Waals surface area contributed by atoms with Gasteiger partial charge in [-0.1, -0.05) is 17.7 Å². The molecule has 1 N–H and O–H groups in total. The van der Waals surface area contributed by atoms with Crippen LogP contribution in [0.2, 0.25) is 0 Å². The Morgan fingerprint density at radius 2 is 1.80 bits per heavy atom. The second-order valence-electron chi connectivity index (χ2n) is 7.39. The van der Waals surface area contributed by atoms with Crippen molar-refractivity contribution in [1.29, 1.82) is 0 Å². The number of β-amino-alcohol motifs (C(OH)–C–C–N with tert-alkyl or cyclic N) is 1. The molecule has 1 aromatic carbocycles. The van der Waals surface area contributed by atoms with Gasteiger partial charge in [0.1, 0.15) is 18.5 Å². The van der Waals surface area contributed by atoms with Crippen LogP contribution in [0.25, 0.3) is 0 Å². The summed E-state index contributed by atoms with van der Waals surface area (Å²) in [5.41, 5.74) is 1.19. The first kappa shape index (κ1) is 18.2. The predicted molar refractivity (Wildman–Crippen MR) is 97.7 cm³/mol. The zero-order chi connectivity index (χ0) is 17.6. The molecule has 0 aliphatic carbocycles. The number of rotatable bonds is 6. The fourth-order valence-corrected chi connectivity index (χ4v) is 3.74. The lowest BCUT2D eigenvalue weighted by molar-refractivity contribution is -0.136. The third-order valence-corrected chi connectivity index (χ3v) is 5.29. The number of amides is 1. The predicted octanol–water partition coefficient (Wildman–Crippen LogP) is 2.07. The Labute approximate surface area is 150 Å². The minimum atomic E-state index is -0.507. The average Bonchev–Trinajstić information content (AvgIpc) is 3.16. The van der Waals surface area contributed by atoms with Crippen molar-refractivity contribution in [3.63, 3.8) is 0 Å². The minimum absolute atomic E-state index is 0.176. The first-order valence-electron chi connectivity index (χ1n) is 9.50. The van der Waals surface area contributed by atoms with Gasteiger partial charge >= 0.3 is 0 Å². The zero-order valence-corrected chi connectivity index (χ0v) is 15.2. The van der Waals surface area contributed by atoms with Crippen molar-refractivity contribution < 1.29 is 14.6 Å². The number of aliphatic hydroxyl groups excluding tert-OH is 1. The van der Waals surface area contributed by atoms with Crippen LogP contribution < -0.4 is 4.74 Å². The molecule has 0 radical (unpaired) electrons. The largest absolute Gasteiger partial charge is 0.491 e. The Hall–Kier alpha value is -1.59. The Kier molecular flexibility index (Phi) is 6.32. The molecule has 1 atom stereocenters. The summed E-state index contributed by atoms with van der Waals surface area (Å²) in [5.74, 6) is 1.32. The molecular weight excluding hydrogens is 316 g/mol. The maximum atomic E-state index is 12.5. The molecule has 25 heavy (non-hydrogen) atoms. The number of aliphatic hydroxyl groups is 1. The summed E-state index contributed by atoms with van der Waals surface area (Å²) in [6, 6.07) is 7.86. The summed E-state index contributed by atoms with van der Waals surface area (Å²) in [7, 11) is 0. The van der Waals surface area contributed by atoms with Gasteiger partial charge in [-0.15, -0.1) is 0 Å². The van der Waals surface area contributed by atoms with Gasteiger partial charge in [-0.25, -0.2) is 0 Å². The molecule has 0 aromatic heterocycles. The summed E-state index contributed by atoms with van der Waals surface area (Å²) < 4.78 is 5.65. The number of likely N-dealkylation sites (tertiary alicyclic amines) is 2. The van der Waals surface area contributed by atoms with Crippen LogP contribution >= 0.6 is 0 Å². The Balaban J connectivity index is 1.36. The molecule has 0 saturated carbocycles. The normalized spacial score (nSPS) is 20.6. The van der Waals surface area contributed by atoms with E-state index in [2.05, 4.69) is 4.90 Å². The Morgan fingerprint density at radius 3 is 2.44 bits per heavy atom. The number of ether oxygens (including phenoxy) is 1. The summed E-state index contributed by atoms with van der Waals surface area (Å²) in [6.45, 7) is 6.59. The molecule has 2 heterocycles. The first-order chi connectivity index (χ1) is 12.1. The smallest absolute Gasteiger partial charge is 0.225 e. The topological polar surface area (TPSA) is 53.0 Å². The van der Waals surface area contributed by atoms with Crippen LogP contribution in [-0.4, -0.2) is 66.2 Å². The lowest BCUT2D eigenvalue weighted by Gasteiger charge is -2.34. The van der Waals surface area contributed by atoms with Crippen molar-refractivity contribution in [1.82, 2.24) is 9.80 Å². The fourth-order valence-electron chi connectivity index (χ4n) is 3.74. The maximum Gasteiger partial charge on any atom is 0.225 e. The van der Waals surface area contributed by atoms with Crippen molar-refractivity contribution in [2.24, 2.45) is 5.92 Å². The van der Waals surface area contributed by atoms with Crippen molar-refractivity contribution in [3.8, 4) is 5.75 Å². The van der Waals surface area contributed by atoms with E-state index in [1.807, 2.05) is 36.1 Å². The summed E-state index contributed by atoms with van der Waals surface area (Å²) in [5, 5.41) is 10.2. The van der Waals surface area contributed by atoms with Crippen LogP contribution in [0.15, 0.2) is 24.3 Å². The van der Waals surface area contributed by atoms with Crippen LogP contribution in [0.1, 0.15) is 31.2 Å². The molecule has 1 aromatic rings. The number of carbonyl (C=O) groups excluding carboxylic acids is 1. The van der Waals surface area contributed by atoms with Crippen LogP contribution in [0.5, 0.6) is 5.75 Å². The molecule has 2 saturated heterocycles. The fraction of sp³-hybridized carbons (Fsp3) is 0.650. The molecule has 2 aliphatic heterocycles. The molecule has 3 rings (SSSR count). The van der Waals surface area contributed by atoms with E-state index in [0.717, 1.165) is 57.6 Å². The number of aryl methyl sites for hydroxylation is 1. The quantitative estimate of drug-likeness (QED) is 0.857. The summed E-state index contributed by atoms with van der Waals surface area (Å²) in [6.07, 6.45) is 3.60. The van der Waals surface area contributed by atoms with Crippen molar-refractivity contribution >= 4 is 5.91 Å². The number of nitrogens with zero attached hydrogens (tertiary/aromatic N) is 2. The number of piperidine rings is 1. The Morgan fingerprint density at radius 1 is 1.16 bits per heavy atom. The third-order valence-electron chi connectivity index (χ3n) is 5.29. The van der Waals surface area contributed by atoms with Crippen molar-refractivity contribution in [2.75, 3.05) is 39.3 Å². The van der Waals surface area contributed by atoms with Gasteiger partial charge in [0, 0.05) is 25.6 Å². The second kappa shape index (κ2) is 8.68. The Bertz CT molecular complexity index is 547. The molecule has 1 amide bonds. The van der Waals surface area contributed by atoms with Gasteiger partial charge in [0.25, 0.3) is 0 Å². The van der Waals surface area contributed by atoms with E-state index in [0.29, 0.717) is 19.1 Å². The molecule has 0 spiro atoms. The van der Waals surface area contributed by atoms with Crippen LogP contribution in [-0.2, 0) is 4.79 Å². The van der Waals surface area contributed by atoms with E-state index in [9.17, 15) is 9.90 Å². The van der Waals surface area contributed by atoms with Crippen LogP contribution in [0, 0.1) is 12.8 Å². The molecule has 5 heteroatoms.